The summed E-state index contributed by atoms with van der Waals surface area (Å²) in [7, 11) is -5.00. The average Bonchev–Trinajstić information content (AvgIpc) is 3.31. The van der Waals surface area contributed by atoms with E-state index in [0.29, 0.717) is 24.3 Å². The number of fused-ring (bicyclic) bond motifs is 1. The van der Waals surface area contributed by atoms with Gasteiger partial charge in [0.1, 0.15) is 33.6 Å². The van der Waals surface area contributed by atoms with Crippen molar-refractivity contribution in [3.8, 4) is 11.1 Å². The number of benzene rings is 3. The first-order valence-corrected chi connectivity index (χ1v) is 12.1. The van der Waals surface area contributed by atoms with E-state index in [1.165, 1.54) is 0 Å². The number of aliphatic hydroxyl groups excluding tert-OH is 2. The Balaban J connectivity index is 1.78. The molecule has 0 bridgehead atoms. The van der Waals surface area contributed by atoms with Gasteiger partial charge in [-0.05, 0) is 30.3 Å². The smallest absolute Gasteiger partial charge is 0.270 e. The van der Waals surface area contributed by atoms with Gasteiger partial charge in [-0.15, -0.1) is 0 Å². The number of amides is 1. The molecule has 0 aliphatic heterocycles. The van der Waals surface area contributed by atoms with Crippen LogP contribution in [0.2, 0.25) is 0 Å². The lowest BCUT2D eigenvalue weighted by molar-refractivity contribution is 0.0941. The molecule has 0 unspecified atom stereocenters. The first-order chi connectivity index (χ1) is 18.0. The summed E-state index contributed by atoms with van der Waals surface area (Å²) in [6, 6.07) is 4.25. The second kappa shape index (κ2) is 10.4. The maximum atomic E-state index is 15.4. The summed E-state index contributed by atoms with van der Waals surface area (Å²) >= 11 is 0. The molecule has 0 spiro atoms. The zero-order valence-corrected chi connectivity index (χ0v) is 19.8. The van der Waals surface area contributed by atoms with Crippen LogP contribution in [0, 0.1) is 29.1 Å². The van der Waals surface area contributed by atoms with Crippen molar-refractivity contribution in [3.63, 3.8) is 0 Å². The summed E-state index contributed by atoms with van der Waals surface area (Å²) in [6.45, 7) is -1.48. The van der Waals surface area contributed by atoms with Gasteiger partial charge in [0.25, 0.3) is 15.9 Å². The Hall–Kier alpha value is -4.08. The lowest BCUT2D eigenvalue weighted by Gasteiger charge is -2.14. The maximum absolute atomic E-state index is 15.4. The summed E-state index contributed by atoms with van der Waals surface area (Å²) < 4.78 is 101. The number of aromatic amines is 1. The molecule has 5 N–H and O–H groups in total. The summed E-state index contributed by atoms with van der Waals surface area (Å²) in [5.41, 5.74) is -3.91. The average molecular weight is 556 g/mol. The SMILES string of the molecule is O=C(NCCO)c1[nH]nc2c(F)c(-c3c(F)ccc(NS(=O)(=O)c4cc(F)cc(CO)c4F)c3F)ccc12. The van der Waals surface area contributed by atoms with E-state index in [-0.39, 0.29) is 24.2 Å². The van der Waals surface area contributed by atoms with E-state index in [1.54, 1.807) is 4.72 Å². The third-order valence-electron chi connectivity index (χ3n) is 5.43. The van der Waals surface area contributed by atoms with Gasteiger partial charge in [0.15, 0.2) is 11.6 Å². The predicted octanol–water partition coefficient (Wildman–Crippen LogP) is 2.94. The zero-order chi connectivity index (χ0) is 27.8. The fourth-order valence-electron chi connectivity index (χ4n) is 3.68. The minimum Gasteiger partial charge on any atom is -0.395 e. The van der Waals surface area contributed by atoms with Crippen molar-refractivity contribution in [1.82, 2.24) is 15.5 Å². The van der Waals surface area contributed by atoms with E-state index in [1.807, 2.05) is 0 Å². The van der Waals surface area contributed by atoms with Gasteiger partial charge in [0, 0.05) is 23.1 Å². The van der Waals surface area contributed by atoms with Crippen molar-refractivity contribution < 1.29 is 45.4 Å². The number of hydrogen-bond acceptors (Lipinski definition) is 6. The van der Waals surface area contributed by atoms with Crippen LogP contribution in [0.3, 0.4) is 0 Å². The highest BCUT2D eigenvalue weighted by molar-refractivity contribution is 7.92. The second-order valence-corrected chi connectivity index (χ2v) is 9.48. The van der Waals surface area contributed by atoms with Crippen molar-refractivity contribution in [2.75, 3.05) is 17.9 Å². The van der Waals surface area contributed by atoms with Gasteiger partial charge in [0.2, 0.25) is 0 Å². The zero-order valence-electron chi connectivity index (χ0n) is 18.9. The Morgan fingerprint density at radius 3 is 2.39 bits per heavy atom. The minimum atomic E-state index is -5.00. The van der Waals surface area contributed by atoms with Crippen LogP contribution in [0.1, 0.15) is 16.1 Å². The van der Waals surface area contributed by atoms with Gasteiger partial charge >= 0.3 is 0 Å². The highest BCUT2D eigenvalue weighted by atomic mass is 32.2. The lowest BCUT2D eigenvalue weighted by Crippen LogP contribution is -2.26. The van der Waals surface area contributed by atoms with Gasteiger partial charge in [-0.2, -0.15) is 5.10 Å². The van der Waals surface area contributed by atoms with E-state index < -0.39 is 84.4 Å². The van der Waals surface area contributed by atoms with Gasteiger partial charge in [-0.3, -0.25) is 14.6 Å². The van der Waals surface area contributed by atoms with E-state index in [9.17, 15) is 26.4 Å². The van der Waals surface area contributed by atoms with Crippen LogP contribution in [-0.2, 0) is 16.6 Å². The predicted molar refractivity (Wildman–Crippen MR) is 124 cm³/mol. The number of H-pyrrole nitrogens is 1. The molecule has 0 fully saturated rings. The van der Waals surface area contributed by atoms with Crippen molar-refractivity contribution in [2.24, 2.45) is 0 Å². The Morgan fingerprint density at radius 1 is 0.974 bits per heavy atom. The molecule has 4 aromatic rings. The molecule has 0 radical (unpaired) electrons. The van der Waals surface area contributed by atoms with Gasteiger partial charge in [-0.1, -0.05) is 6.07 Å². The van der Waals surface area contributed by atoms with Crippen molar-refractivity contribution >= 4 is 32.5 Å². The summed E-state index contributed by atoms with van der Waals surface area (Å²) in [6.07, 6.45) is 0. The number of aromatic nitrogens is 2. The molecule has 0 aliphatic rings. The molecule has 0 aliphatic carbocycles. The fraction of sp³-hybridized carbons (Fsp3) is 0.130. The lowest BCUT2D eigenvalue weighted by atomic mass is 10.0. The number of hydrogen-bond donors (Lipinski definition) is 5. The van der Waals surface area contributed by atoms with Crippen molar-refractivity contribution in [2.45, 2.75) is 11.5 Å². The summed E-state index contributed by atoms with van der Waals surface area (Å²) in [4.78, 5) is 10.9. The molecule has 0 saturated heterocycles. The van der Waals surface area contributed by atoms with E-state index in [4.69, 9.17) is 10.2 Å². The van der Waals surface area contributed by atoms with Crippen LogP contribution in [0.25, 0.3) is 22.0 Å². The summed E-state index contributed by atoms with van der Waals surface area (Å²) in [5.74, 6) is -7.53. The van der Waals surface area contributed by atoms with Gasteiger partial charge in [0.05, 0.1) is 24.5 Å². The number of nitrogens with zero attached hydrogens (tertiary/aromatic N) is 1. The van der Waals surface area contributed by atoms with Gasteiger partial charge in [-0.25, -0.2) is 30.4 Å². The van der Waals surface area contributed by atoms with Crippen LogP contribution in [0.5, 0.6) is 0 Å². The van der Waals surface area contributed by atoms with Gasteiger partial charge < -0.3 is 15.5 Å². The Bertz CT molecular complexity index is 1680. The van der Waals surface area contributed by atoms with Crippen LogP contribution in [-0.4, -0.2) is 47.9 Å². The molecule has 15 heteroatoms. The highest BCUT2D eigenvalue weighted by Crippen LogP contribution is 2.36. The number of nitrogens with one attached hydrogen (secondary N) is 3. The normalized spacial score (nSPS) is 11.7. The number of sulfonamides is 1. The minimum absolute atomic E-state index is 0.0411. The number of carbonyl (C=O) groups is 1. The number of carbonyl (C=O) groups excluding carboxylic acids is 1. The molecule has 4 rings (SSSR count). The topological polar surface area (TPSA) is 144 Å². The fourth-order valence-corrected chi connectivity index (χ4v) is 4.87. The van der Waals surface area contributed by atoms with Crippen molar-refractivity contribution in [3.05, 3.63) is 76.7 Å². The van der Waals surface area contributed by atoms with Crippen LogP contribution in [0.4, 0.5) is 27.6 Å². The first kappa shape index (κ1) is 27.0. The second-order valence-electron chi connectivity index (χ2n) is 7.83. The monoisotopic (exact) mass is 556 g/mol. The molecule has 1 aromatic heterocycles. The van der Waals surface area contributed by atoms with Crippen LogP contribution < -0.4 is 10.0 Å². The number of aliphatic hydroxyl groups is 2. The van der Waals surface area contributed by atoms with Crippen LogP contribution >= 0.6 is 0 Å². The number of rotatable bonds is 8. The molecule has 1 heterocycles. The Kier molecular flexibility index (Phi) is 7.35. The number of anilines is 1. The molecule has 9 nitrogen and oxygen atoms in total. The Morgan fingerprint density at radius 2 is 1.71 bits per heavy atom. The van der Waals surface area contributed by atoms with E-state index >= 15 is 8.78 Å². The third kappa shape index (κ3) is 4.78. The maximum Gasteiger partial charge on any atom is 0.270 e. The molecule has 1 amide bonds. The summed E-state index contributed by atoms with van der Waals surface area (Å²) in [5, 5.41) is 26.2. The molecular weight excluding hydrogens is 539 g/mol. The molecule has 3 aromatic carbocycles. The molecule has 0 atom stereocenters. The standard InChI is InChI=1S/C23H17F5N4O5S/c24-11-7-10(9-34)18(26)16(8-11)38(36,37)32-15-4-3-14(25)17(20(15)28)12-1-2-13-21(19(12)27)30-31-22(13)23(35)29-5-6-33/h1-4,7-8,32-34H,5-6,9H2,(H,29,35)(H,30,31). The van der Waals surface area contributed by atoms with E-state index in [2.05, 4.69) is 15.5 Å². The van der Waals surface area contributed by atoms with Crippen molar-refractivity contribution in [1.29, 1.82) is 0 Å². The largest absolute Gasteiger partial charge is 0.395 e. The molecule has 38 heavy (non-hydrogen) atoms. The van der Waals surface area contributed by atoms with Crippen LogP contribution in [0.15, 0.2) is 41.3 Å². The molecule has 200 valence electrons. The molecular formula is C23H17F5N4O5S. The van der Waals surface area contributed by atoms with E-state index in [0.717, 1.165) is 12.1 Å². The number of halogens is 5. The Labute approximate surface area is 211 Å². The first-order valence-electron chi connectivity index (χ1n) is 10.7. The highest BCUT2D eigenvalue weighted by Gasteiger charge is 2.27. The quantitative estimate of drug-likeness (QED) is 0.211. The molecule has 0 saturated carbocycles. The third-order valence-corrected chi connectivity index (χ3v) is 6.80.